The standard InChI is InChI=1S/C14H17N3O/c1-4-11-6-5-7-12(8-11)18-14-10(2)13(15-3)16-9-17-14/h5-9H,4H2,1-3H3,(H,15,16,17). The van der Waals surface area contributed by atoms with E-state index in [0.717, 1.165) is 23.6 Å². The summed E-state index contributed by atoms with van der Waals surface area (Å²) in [7, 11) is 1.83. The molecule has 1 heterocycles. The molecule has 0 radical (unpaired) electrons. The first-order chi connectivity index (χ1) is 8.74. The molecule has 4 heteroatoms. The quantitative estimate of drug-likeness (QED) is 0.895. The topological polar surface area (TPSA) is 47.0 Å². The summed E-state index contributed by atoms with van der Waals surface area (Å²) < 4.78 is 5.80. The third-order valence-electron chi connectivity index (χ3n) is 2.80. The van der Waals surface area contributed by atoms with Crippen molar-refractivity contribution in [1.29, 1.82) is 0 Å². The second kappa shape index (κ2) is 5.49. The van der Waals surface area contributed by atoms with E-state index in [9.17, 15) is 0 Å². The smallest absolute Gasteiger partial charge is 0.227 e. The summed E-state index contributed by atoms with van der Waals surface area (Å²) in [4.78, 5) is 8.29. The van der Waals surface area contributed by atoms with Gasteiger partial charge in [-0.2, -0.15) is 0 Å². The van der Waals surface area contributed by atoms with Crippen molar-refractivity contribution in [2.75, 3.05) is 12.4 Å². The molecule has 0 fully saturated rings. The minimum absolute atomic E-state index is 0.586. The molecule has 0 aliphatic carbocycles. The van der Waals surface area contributed by atoms with E-state index in [2.05, 4.69) is 28.3 Å². The van der Waals surface area contributed by atoms with Gasteiger partial charge in [0.2, 0.25) is 5.88 Å². The van der Waals surface area contributed by atoms with Crippen molar-refractivity contribution in [3.63, 3.8) is 0 Å². The lowest BCUT2D eigenvalue weighted by Gasteiger charge is -2.10. The molecule has 0 aliphatic rings. The maximum absolute atomic E-state index is 5.80. The predicted molar refractivity (Wildman–Crippen MR) is 72.2 cm³/mol. The number of nitrogens with zero attached hydrogens (tertiary/aromatic N) is 2. The Balaban J connectivity index is 2.28. The van der Waals surface area contributed by atoms with Gasteiger partial charge in [-0.05, 0) is 31.0 Å². The highest BCUT2D eigenvalue weighted by atomic mass is 16.5. The van der Waals surface area contributed by atoms with Crippen LogP contribution in [0.5, 0.6) is 11.6 Å². The molecule has 0 atom stereocenters. The first-order valence-electron chi connectivity index (χ1n) is 6.00. The van der Waals surface area contributed by atoms with Crippen LogP contribution in [0, 0.1) is 6.92 Å². The Hall–Kier alpha value is -2.10. The molecule has 4 nitrogen and oxygen atoms in total. The first-order valence-corrected chi connectivity index (χ1v) is 6.00. The van der Waals surface area contributed by atoms with Gasteiger partial charge in [-0.15, -0.1) is 0 Å². The van der Waals surface area contributed by atoms with Crippen LogP contribution in [0.15, 0.2) is 30.6 Å². The molecule has 18 heavy (non-hydrogen) atoms. The van der Waals surface area contributed by atoms with Crippen molar-refractivity contribution in [1.82, 2.24) is 9.97 Å². The molecule has 1 aromatic heterocycles. The van der Waals surface area contributed by atoms with Crippen molar-refractivity contribution >= 4 is 5.82 Å². The molecule has 0 saturated heterocycles. The van der Waals surface area contributed by atoms with Crippen LogP contribution in [0.2, 0.25) is 0 Å². The summed E-state index contributed by atoms with van der Waals surface area (Å²) >= 11 is 0. The molecule has 0 saturated carbocycles. The monoisotopic (exact) mass is 243 g/mol. The van der Waals surface area contributed by atoms with E-state index in [1.165, 1.54) is 11.9 Å². The van der Waals surface area contributed by atoms with Gasteiger partial charge in [-0.3, -0.25) is 0 Å². The van der Waals surface area contributed by atoms with Gasteiger partial charge in [0.15, 0.2) is 0 Å². The van der Waals surface area contributed by atoms with Gasteiger partial charge in [0.25, 0.3) is 0 Å². The second-order valence-corrected chi connectivity index (χ2v) is 4.01. The Labute approximate surface area is 107 Å². The number of hydrogen-bond donors (Lipinski definition) is 1. The fourth-order valence-corrected chi connectivity index (χ4v) is 1.73. The fourth-order valence-electron chi connectivity index (χ4n) is 1.73. The number of rotatable bonds is 4. The van der Waals surface area contributed by atoms with E-state index in [1.54, 1.807) is 0 Å². The van der Waals surface area contributed by atoms with Crippen LogP contribution in [0.3, 0.4) is 0 Å². The van der Waals surface area contributed by atoms with Gasteiger partial charge < -0.3 is 10.1 Å². The van der Waals surface area contributed by atoms with Gasteiger partial charge in [-0.1, -0.05) is 19.1 Å². The summed E-state index contributed by atoms with van der Waals surface area (Å²) in [6, 6.07) is 8.03. The summed E-state index contributed by atoms with van der Waals surface area (Å²) in [6.07, 6.45) is 2.49. The van der Waals surface area contributed by atoms with Crippen LogP contribution in [0.4, 0.5) is 5.82 Å². The van der Waals surface area contributed by atoms with Crippen LogP contribution in [-0.2, 0) is 6.42 Å². The summed E-state index contributed by atoms with van der Waals surface area (Å²) in [5, 5.41) is 3.01. The minimum atomic E-state index is 0.586. The van der Waals surface area contributed by atoms with E-state index in [-0.39, 0.29) is 0 Å². The molecule has 1 aromatic carbocycles. The van der Waals surface area contributed by atoms with Crippen LogP contribution in [-0.4, -0.2) is 17.0 Å². The van der Waals surface area contributed by atoms with Crippen molar-refractivity contribution in [2.45, 2.75) is 20.3 Å². The van der Waals surface area contributed by atoms with Gasteiger partial charge in [0, 0.05) is 7.05 Å². The number of hydrogen-bond acceptors (Lipinski definition) is 4. The molecular formula is C14H17N3O. The largest absolute Gasteiger partial charge is 0.439 e. The highest BCUT2D eigenvalue weighted by Gasteiger charge is 2.08. The maximum Gasteiger partial charge on any atom is 0.227 e. The van der Waals surface area contributed by atoms with Crippen LogP contribution in [0.25, 0.3) is 0 Å². The molecule has 2 rings (SSSR count). The Morgan fingerprint density at radius 3 is 2.83 bits per heavy atom. The Kier molecular flexibility index (Phi) is 3.77. The zero-order valence-corrected chi connectivity index (χ0v) is 10.9. The van der Waals surface area contributed by atoms with Crippen molar-refractivity contribution in [2.24, 2.45) is 0 Å². The normalized spacial score (nSPS) is 10.2. The van der Waals surface area contributed by atoms with E-state index < -0.39 is 0 Å². The Morgan fingerprint density at radius 1 is 1.28 bits per heavy atom. The van der Waals surface area contributed by atoms with Crippen molar-refractivity contribution in [3.8, 4) is 11.6 Å². The molecule has 1 N–H and O–H groups in total. The third kappa shape index (κ3) is 2.59. The van der Waals surface area contributed by atoms with Gasteiger partial charge in [-0.25, -0.2) is 9.97 Å². The average molecular weight is 243 g/mol. The maximum atomic E-state index is 5.80. The zero-order valence-electron chi connectivity index (χ0n) is 10.9. The molecule has 0 bridgehead atoms. The SMILES string of the molecule is CCc1cccc(Oc2ncnc(NC)c2C)c1. The molecule has 0 spiro atoms. The summed E-state index contributed by atoms with van der Waals surface area (Å²) in [6.45, 7) is 4.05. The molecule has 0 unspecified atom stereocenters. The van der Waals surface area contributed by atoms with Crippen LogP contribution in [0.1, 0.15) is 18.1 Å². The fraction of sp³-hybridized carbons (Fsp3) is 0.286. The number of nitrogens with one attached hydrogen (secondary N) is 1. The van der Waals surface area contributed by atoms with Gasteiger partial charge >= 0.3 is 0 Å². The van der Waals surface area contributed by atoms with E-state index in [1.807, 2.05) is 32.2 Å². The highest BCUT2D eigenvalue weighted by Crippen LogP contribution is 2.26. The summed E-state index contributed by atoms with van der Waals surface area (Å²) in [5.41, 5.74) is 2.15. The van der Waals surface area contributed by atoms with Crippen LogP contribution < -0.4 is 10.1 Å². The Bertz CT molecular complexity index is 540. The molecular weight excluding hydrogens is 226 g/mol. The molecule has 94 valence electrons. The van der Waals surface area contributed by atoms with Gasteiger partial charge in [0.05, 0.1) is 5.56 Å². The molecule has 2 aromatic rings. The predicted octanol–water partition coefficient (Wildman–Crippen LogP) is 3.18. The lowest BCUT2D eigenvalue weighted by Crippen LogP contribution is -1.99. The first kappa shape index (κ1) is 12.4. The summed E-state index contributed by atoms with van der Waals surface area (Å²) in [5.74, 6) is 2.17. The van der Waals surface area contributed by atoms with Crippen LogP contribution >= 0.6 is 0 Å². The Morgan fingerprint density at radius 2 is 2.11 bits per heavy atom. The molecule has 0 aliphatic heterocycles. The lowest BCUT2D eigenvalue weighted by molar-refractivity contribution is 0.457. The van der Waals surface area contributed by atoms with Crippen molar-refractivity contribution < 1.29 is 4.74 Å². The highest BCUT2D eigenvalue weighted by molar-refractivity contribution is 5.48. The van der Waals surface area contributed by atoms with E-state index >= 15 is 0 Å². The molecule has 0 amide bonds. The number of benzene rings is 1. The minimum Gasteiger partial charge on any atom is -0.439 e. The van der Waals surface area contributed by atoms with E-state index in [0.29, 0.717) is 5.88 Å². The third-order valence-corrected chi connectivity index (χ3v) is 2.80. The average Bonchev–Trinajstić information content (AvgIpc) is 2.41. The lowest BCUT2D eigenvalue weighted by atomic mass is 10.2. The van der Waals surface area contributed by atoms with E-state index in [4.69, 9.17) is 4.74 Å². The van der Waals surface area contributed by atoms with Gasteiger partial charge in [0.1, 0.15) is 17.9 Å². The number of aromatic nitrogens is 2. The number of anilines is 1. The number of ether oxygens (including phenoxy) is 1. The second-order valence-electron chi connectivity index (χ2n) is 4.01. The number of aryl methyl sites for hydroxylation is 1. The van der Waals surface area contributed by atoms with Crippen molar-refractivity contribution in [3.05, 3.63) is 41.7 Å². The zero-order chi connectivity index (χ0) is 13.0.